The molecule has 1 unspecified atom stereocenters. The van der Waals surface area contributed by atoms with E-state index < -0.39 is 11.9 Å². The molecule has 3 aromatic heterocycles. The number of aliphatic imine (C=N–C) groups is 1. The van der Waals surface area contributed by atoms with Crippen molar-refractivity contribution < 1.29 is 4.79 Å². The average molecular weight is 610 g/mol. The summed E-state index contributed by atoms with van der Waals surface area (Å²) in [5.41, 5.74) is 9.69. The summed E-state index contributed by atoms with van der Waals surface area (Å²) in [7, 11) is 1.65. The standard InChI is InChI=1S/C35H29N7O2.C2H6/c1-4-19-37-33-31(32(36)40-41(33)3)34(43)39-22(2)29-20-24-12-10-11-23(17-18-25-21-38-28-16-9-8-15-27(25)28)30(24)35(44)42(29)26-13-6-5-7-14-26;1-2/h4-16,19-22,38H,1H2,2-3H3,(H2,36,40)(H,39,43);1-2H3/b37-19-;. The van der Waals surface area contributed by atoms with E-state index in [9.17, 15) is 9.59 Å². The van der Waals surface area contributed by atoms with Gasteiger partial charge in [-0.2, -0.15) is 5.10 Å². The summed E-state index contributed by atoms with van der Waals surface area (Å²) in [5.74, 6) is 6.36. The number of H-pyrrole nitrogens is 1. The van der Waals surface area contributed by atoms with Crippen LogP contribution in [0, 0.1) is 11.8 Å². The highest BCUT2D eigenvalue weighted by atomic mass is 16.2. The number of amides is 1. The fourth-order valence-corrected chi connectivity index (χ4v) is 5.33. The largest absolute Gasteiger partial charge is 0.381 e. The second kappa shape index (κ2) is 13.7. The van der Waals surface area contributed by atoms with Gasteiger partial charge < -0.3 is 16.0 Å². The van der Waals surface area contributed by atoms with Crippen LogP contribution >= 0.6 is 0 Å². The van der Waals surface area contributed by atoms with Crippen molar-refractivity contribution in [1.82, 2.24) is 24.6 Å². The number of anilines is 1. The molecule has 3 heterocycles. The molecule has 0 radical (unpaired) electrons. The van der Waals surface area contributed by atoms with Crippen molar-refractivity contribution in [2.45, 2.75) is 26.8 Å². The Hall–Kier alpha value is -6.14. The highest BCUT2D eigenvalue weighted by Crippen LogP contribution is 2.27. The van der Waals surface area contributed by atoms with Crippen LogP contribution in [0.15, 0.2) is 108 Å². The maximum Gasteiger partial charge on any atom is 0.264 e. The molecule has 0 bridgehead atoms. The zero-order chi connectivity index (χ0) is 32.8. The van der Waals surface area contributed by atoms with Gasteiger partial charge in [-0.15, -0.1) is 0 Å². The molecule has 0 saturated heterocycles. The van der Waals surface area contributed by atoms with Gasteiger partial charge >= 0.3 is 0 Å². The number of hydrogen-bond acceptors (Lipinski definition) is 5. The van der Waals surface area contributed by atoms with E-state index in [4.69, 9.17) is 5.73 Å². The molecule has 0 aliphatic heterocycles. The second-order valence-corrected chi connectivity index (χ2v) is 10.2. The Morgan fingerprint density at radius 3 is 2.52 bits per heavy atom. The van der Waals surface area contributed by atoms with Crippen LogP contribution in [-0.2, 0) is 7.05 Å². The molecule has 0 saturated carbocycles. The predicted octanol–water partition coefficient (Wildman–Crippen LogP) is 6.59. The van der Waals surface area contributed by atoms with E-state index >= 15 is 0 Å². The van der Waals surface area contributed by atoms with Gasteiger partial charge in [0.25, 0.3) is 11.5 Å². The number of para-hydroxylation sites is 2. The molecule has 0 aliphatic carbocycles. The first-order chi connectivity index (χ1) is 22.4. The van der Waals surface area contributed by atoms with Gasteiger partial charge in [-0.1, -0.05) is 86.9 Å². The molecular formula is C37H35N7O2. The Balaban J connectivity index is 0.00000204. The van der Waals surface area contributed by atoms with Crippen molar-refractivity contribution in [3.63, 3.8) is 0 Å². The van der Waals surface area contributed by atoms with Crippen LogP contribution in [0.3, 0.4) is 0 Å². The Bertz CT molecular complexity index is 2210. The topological polar surface area (TPSA) is 123 Å². The number of carbonyl (C=O) groups excluding carboxylic acids is 1. The first-order valence-electron chi connectivity index (χ1n) is 15.0. The highest BCUT2D eigenvalue weighted by molar-refractivity contribution is 6.03. The summed E-state index contributed by atoms with van der Waals surface area (Å²) >= 11 is 0. The number of nitrogens with one attached hydrogen (secondary N) is 2. The van der Waals surface area contributed by atoms with Gasteiger partial charge in [0.2, 0.25) is 0 Å². The van der Waals surface area contributed by atoms with Crippen molar-refractivity contribution in [3.05, 3.63) is 130 Å². The van der Waals surface area contributed by atoms with E-state index in [0.717, 1.165) is 16.5 Å². The minimum atomic E-state index is -0.600. The number of benzene rings is 3. The zero-order valence-corrected chi connectivity index (χ0v) is 26.2. The minimum absolute atomic E-state index is 0.0470. The maximum absolute atomic E-state index is 14.3. The molecule has 1 amide bonds. The number of fused-ring (bicyclic) bond motifs is 2. The van der Waals surface area contributed by atoms with Gasteiger partial charge in [-0.05, 0) is 42.6 Å². The third-order valence-electron chi connectivity index (χ3n) is 7.38. The monoisotopic (exact) mass is 609 g/mol. The Labute approximate surface area is 267 Å². The number of aryl methyl sites for hydroxylation is 1. The average Bonchev–Trinajstić information content (AvgIpc) is 3.62. The van der Waals surface area contributed by atoms with Gasteiger partial charge in [0.15, 0.2) is 11.6 Å². The minimum Gasteiger partial charge on any atom is -0.381 e. The lowest BCUT2D eigenvalue weighted by Crippen LogP contribution is -2.32. The molecule has 0 fully saturated rings. The molecule has 4 N–H and O–H groups in total. The number of nitrogens with zero attached hydrogens (tertiary/aromatic N) is 4. The highest BCUT2D eigenvalue weighted by Gasteiger charge is 2.25. The van der Waals surface area contributed by atoms with E-state index in [2.05, 4.69) is 38.8 Å². The lowest BCUT2D eigenvalue weighted by atomic mass is 10.0. The molecule has 0 aliphatic rings. The molecule has 9 nitrogen and oxygen atoms in total. The molecule has 1 atom stereocenters. The first kappa shape index (κ1) is 31.3. The SMILES string of the molecule is C=C/C=N\c1c(C(=O)NC(C)c2cc3cccc(C#Cc4c[nH]c5ccccc45)c3c(=O)n2-c2ccccc2)c(N)nn1C.CC. The molecule has 3 aromatic carbocycles. The van der Waals surface area contributed by atoms with Crippen molar-refractivity contribution in [2.24, 2.45) is 12.0 Å². The number of carbonyl (C=O) groups is 1. The summed E-state index contributed by atoms with van der Waals surface area (Å²) in [6, 6.07) is 24.2. The summed E-state index contributed by atoms with van der Waals surface area (Å²) in [4.78, 5) is 35.4. The third kappa shape index (κ3) is 5.97. The van der Waals surface area contributed by atoms with Crippen LogP contribution < -0.4 is 16.6 Å². The van der Waals surface area contributed by atoms with Crippen molar-refractivity contribution in [3.8, 4) is 17.5 Å². The van der Waals surface area contributed by atoms with Gasteiger partial charge in [-0.3, -0.25) is 14.2 Å². The van der Waals surface area contributed by atoms with Gasteiger partial charge in [0, 0.05) is 47.3 Å². The number of aromatic amines is 1. The van der Waals surface area contributed by atoms with Crippen LogP contribution in [0.1, 0.15) is 54.0 Å². The number of nitrogens with two attached hydrogens (primary N) is 1. The van der Waals surface area contributed by atoms with Crippen molar-refractivity contribution >= 4 is 45.4 Å². The smallest absolute Gasteiger partial charge is 0.264 e. The molecule has 0 spiro atoms. The van der Waals surface area contributed by atoms with E-state index in [-0.39, 0.29) is 16.9 Å². The number of aromatic nitrogens is 4. The molecule has 6 rings (SSSR count). The summed E-state index contributed by atoms with van der Waals surface area (Å²) < 4.78 is 3.05. The van der Waals surface area contributed by atoms with Crippen LogP contribution in [0.5, 0.6) is 0 Å². The van der Waals surface area contributed by atoms with Gasteiger partial charge in [-0.25, -0.2) is 9.67 Å². The summed E-state index contributed by atoms with van der Waals surface area (Å²) in [6.45, 7) is 9.45. The quantitative estimate of drug-likeness (QED) is 0.146. The van der Waals surface area contributed by atoms with Crippen molar-refractivity contribution in [1.29, 1.82) is 0 Å². The van der Waals surface area contributed by atoms with Crippen molar-refractivity contribution in [2.75, 3.05) is 5.73 Å². The van der Waals surface area contributed by atoms with Crippen LogP contribution in [0.2, 0.25) is 0 Å². The van der Waals surface area contributed by atoms with E-state index in [1.165, 1.54) is 17.0 Å². The normalized spacial score (nSPS) is 11.5. The van der Waals surface area contributed by atoms with Crippen LogP contribution in [0.25, 0.3) is 27.4 Å². The lowest BCUT2D eigenvalue weighted by molar-refractivity contribution is 0.0940. The number of nitrogen functional groups attached to an aromatic ring is 1. The maximum atomic E-state index is 14.3. The van der Waals surface area contributed by atoms with E-state index in [1.807, 2.05) is 106 Å². The summed E-state index contributed by atoms with van der Waals surface area (Å²) in [6.07, 6.45) is 4.84. The van der Waals surface area contributed by atoms with Crippen LogP contribution in [0.4, 0.5) is 11.6 Å². The molecule has 230 valence electrons. The van der Waals surface area contributed by atoms with E-state index in [1.54, 1.807) is 11.6 Å². The number of rotatable bonds is 6. The van der Waals surface area contributed by atoms with Gasteiger partial charge in [0.05, 0.1) is 17.0 Å². The Morgan fingerprint density at radius 1 is 1.04 bits per heavy atom. The number of pyridine rings is 1. The predicted molar refractivity (Wildman–Crippen MR) is 187 cm³/mol. The van der Waals surface area contributed by atoms with E-state index in [0.29, 0.717) is 33.5 Å². The molecular weight excluding hydrogens is 574 g/mol. The molecule has 46 heavy (non-hydrogen) atoms. The first-order valence-corrected chi connectivity index (χ1v) is 15.0. The molecule has 6 aromatic rings. The Kier molecular flexibility index (Phi) is 9.29. The third-order valence-corrected chi connectivity index (χ3v) is 7.38. The Morgan fingerprint density at radius 2 is 1.76 bits per heavy atom. The summed E-state index contributed by atoms with van der Waals surface area (Å²) in [5, 5.41) is 9.37. The fraction of sp³-hybridized carbons (Fsp3) is 0.135. The van der Waals surface area contributed by atoms with Gasteiger partial charge in [0.1, 0.15) is 5.56 Å². The fourth-order valence-electron chi connectivity index (χ4n) is 5.33. The number of hydrogen-bond donors (Lipinski definition) is 3. The van der Waals surface area contributed by atoms with Crippen LogP contribution in [-0.4, -0.2) is 31.5 Å². The number of allylic oxidation sites excluding steroid dienone is 1. The zero-order valence-electron chi connectivity index (χ0n) is 26.2. The lowest BCUT2D eigenvalue weighted by Gasteiger charge is -2.21. The second-order valence-electron chi connectivity index (χ2n) is 10.2. The molecule has 9 heteroatoms.